The van der Waals surface area contributed by atoms with E-state index in [1.165, 1.54) is 24.3 Å². The minimum absolute atomic E-state index is 0.0807. The Morgan fingerprint density at radius 1 is 1.17 bits per heavy atom. The molecule has 0 saturated heterocycles. The first-order valence-electron chi connectivity index (χ1n) is 5.40. The summed E-state index contributed by atoms with van der Waals surface area (Å²) in [7, 11) is -1.80. The minimum Gasteiger partial charge on any atom is -0.382 e. The van der Waals surface area contributed by atoms with Crippen molar-refractivity contribution in [3.8, 4) is 6.07 Å². The Hall–Kier alpha value is -1.42. The molecule has 1 aromatic rings. The van der Waals surface area contributed by atoms with Gasteiger partial charge in [0, 0.05) is 7.11 Å². The Bertz CT molecular complexity index is 502. The first-order chi connectivity index (χ1) is 8.60. The third-order valence-electron chi connectivity index (χ3n) is 2.27. The lowest BCUT2D eigenvalue weighted by atomic mass is 10.2. The second-order valence-corrected chi connectivity index (χ2v) is 5.67. The monoisotopic (exact) mass is 269 g/mol. The number of nitrogens with zero attached hydrogens (tertiary/aromatic N) is 1. The molecule has 0 radical (unpaired) electrons. The number of ether oxygens (including phenoxy) is 2. The molecule has 0 aromatic heterocycles. The van der Waals surface area contributed by atoms with Crippen LogP contribution in [0.5, 0.6) is 0 Å². The Morgan fingerprint density at radius 2 is 1.83 bits per heavy atom. The van der Waals surface area contributed by atoms with Crippen molar-refractivity contribution in [3.05, 3.63) is 29.8 Å². The molecule has 1 aromatic carbocycles. The van der Waals surface area contributed by atoms with Crippen LogP contribution in [-0.2, 0) is 19.3 Å². The van der Waals surface area contributed by atoms with Crippen LogP contribution in [0.15, 0.2) is 29.2 Å². The van der Waals surface area contributed by atoms with Gasteiger partial charge in [-0.05, 0) is 24.3 Å². The van der Waals surface area contributed by atoms with E-state index in [0.29, 0.717) is 18.8 Å². The highest BCUT2D eigenvalue weighted by Crippen LogP contribution is 2.12. The summed E-state index contributed by atoms with van der Waals surface area (Å²) >= 11 is 0. The van der Waals surface area contributed by atoms with Crippen molar-refractivity contribution in [2.45, 2.75) is 4.90 Å². The first-order valence-corrected chi connectivity index (χ1v) is 7.05. The van der Waals surface area contributed by atoms with Gasteiger partial charge in [0.1, 0.15) is 0 Å². The van der Waals surface area contributed by atoms with Crippen LogP contribution in [0.1, 0.15) is 5.56 Å². The van der Waals surface area contributed by atoms with Gasteiger partial charge >= 0.3 is 0 Å². The highest BCUT2D eigenvalue weighted by Gasteiger charge is 2.13. The van der Waals surface area contributed by atoms with Crippen molar-refractivity contribution in [2.75, 3.05) is 32.7 Å². The third-order valence-corrected chi connectivity index (χ3v) is 3.97. The Kier molecular flexibility index (Phi) is 5.78. The molecule has 0 heterocycles. The molecule has 0 fully saturated rings. The predicted molar refractivity (Wildman–Crippen MR) is 65.9 cm³/mol. The van der Waals surface area contributed by atoms with Crippen LogP contribution in [0.25, 0.3) is 0 Å². The molecule has 0 bridgehead atoms. The van der Waals surface area contributed by atoms with Crippen LogP contribution in [0.4, 0.5) is 0 Å². The lowest BCUT2D eigenvalue weighted by Gasteiger charge is -2.05. The van der Waals surface area contributed by atoms with Gasteiger partial charge in [-0.15, -0.1) is 0 Å². The van der Waals surface area contributed by atoms with Crippen molar-refractivity contribution in [2.24, 2.45) is 0 Å². The van der Waals surface area contributed by atoms with Crippen molar-refractivity contribution in [1.82, 2.24) is 0 Å². The topological polar surface area (TPSA) is 76.4 Å². The summed E-state index contributed by atoms with van der Waals surface area (Å²) in [4.78, 5) is 0.205. The van der Waals surface area contributed by atoms with Crippen LogP contribution in [0.3, 0.4) is 0 Å². The molecular formula is C12H15NO4S. The van der Waals surface area contributed by atoms with E-state index in [1.807, 2.05) is 6.07 Å². The molecule has 0 atom stereocenters. The van der Waals surface area contributed by atoms with Crippen molar-refractivity contribution < 1.29 is 17.9 Å². The van der Waals surface area contributed by atoms with E-state index in [-0.39, 0.29) is 17.3 Å². The molecule has 5 nitrogen and oxygen atoms in total. The summed E-state index contributed by atoms with van der Waals surface area (Å²) in [5.74, 6) is -0.0807. The van der Waals surface area contributed by atoms with E-state index in [9.17, 15) is 8.42 Å². The molecular weight excluding hydrogens is 254 g/mol. The number of methoxy groups -OCH3 is 1. The van der Waals surface area contributed by atoms with Gasteiger partial charge < -0.3 is 9.47 Å². The second kappa shape index (κ2) is 7.11. The lowest BCUT2D eigenvalue weighted by Crippen LogP contribution is -2.14. The molecule has 0 amide bonds. The van der Waals surface area contributed by atoms with Gasteiger partial charge in [0.05, 0.1) is 42.1 Å². The highest BCUT2D eigenvalue weighted by molar-refractivity contribution is 7.91. The maximum Gasteiger partial charge on any atom is 0.180 e. The second-order valence-electron chi connectivity index (χ2n) is 3.56. The Morgan fingerprint density at radius 3 is 2.39 bits per heavy atom. The van der Waals surface area contributed by atoms with Crippen LogP contribution in [0.2, 0.25) is 0 Å². The number of hydrogen-bond acceptors (Lipinski definition) is 5. The average molecular weight is 269 g/mol. The van der Waals surface area contributed by atoms with Crippen LogP contribution >= 0.6 is 0 Å². The van der Waals surface area contributed by atoms with Crippen LogP contribution < -0.4 is 0 Å². The molecule has 0 spiro atoms. The van der Waals surface area contributed by atoms with Crippen molar-refractivity contribution in [3.63, 3.8) is 0 Å². The average Bonchev–Trinajstić information content (AvgIpc) is 2.38. The number of rotatable bonds is 7. The van der Waals surface area contributed by atoms with Crippen LogP contribution in [0, 0.1) is 11.3 Å². The molecule has 18 heavy (non-hydrogen) atoms. The molecule has 98 valence electrons. The van der Waals surface area contributed by atoms with E-state index >= 15 is 0 Å². The molecule has 0 N–H and O–H groups in total. The number of sulfone groups is 1. The Labute approximate surface area is 107 Å². The summed E-state index contributed by atoms with van der Waals surface area (Å²) in [6.45, 7) is 0.946. The van der Waals surface area contributed by atoms with E-state index in [1.54, 1.807) is 7.11 Å². The number of benzene rings is 1. The smallest absolute Gasteiger partial charge is 0.180 e. The lowest BCUT2D eigenvalue weighted by molar-refractivity contribution is 0.0785. The Balaban J connectivity index is 2.55. The zero-order chi connectivity index (χ0) is 13.4. The zero-order valence-corrected chi connectivity index (χ0v) is 10.9. The zero-order valence-electron chi connectivity index (χ0n) is 10.1. The summed E-state index contributed by atoms with van der Waals surface area (Å²) in [6.07, 6.45) is 0. The van der Waals surface area contributed by atoms with E-state index in [0.717, 1.165) is 0 Å². The van der Waals surface area contributed by atoms with Gasteiger partial charge in [0.2, 0.25) is 0 Å². The van der Waals surface area contributed by atoms with E-state index in [2.05, 4.69) is 0 Å². The van der Waals surface area contributed by atoms with Gasteiger partial charge in [-0.25, -0.2) is 8.42 Å². The SMILES string of the molecule is COCCOCCS(=O)(=O)c1ccc(C#N)cc1. The molecule has 1 rings (SSSR count). The van der Waals surface area contributed by atoms with Crippen LogP contribution in [-0.4, -0.2) is 41.1 Å². The van der Waals surface area contributed by atoms with Crippen molar-refractivity contribution >= 4 is 9.84 Å². The fraction of sp³-hybridized carbons (Fsp3) is 0.417. The summed E-state index contributed by atoms with van der Waals surface area (Å²) < 4.78 is 33.6. The summed E-state index contributed by atoms with van der Waals surface area (Å²) in [5, 5.41) is 8.62. The van der Waals surface area contributed by atoms with Gasteiger partial charge in [-0.1, -0.05) is 0 Å². The number of hydrogen-bond donors (Lipinski definition) is 0. The van der Waals surface area contributed by atoms with E-state index in [4.69, 9.17) is 14.7 Å². The third kappa shape index (κ3) is 4.45. The summed E-state index contributed by atoms with van der Waals surface area (Å²) in [6, 6.07) is 7.78. The fourth-order valence-corrected chi connectivity index (χ4v) is 2.39. The van der Waals surface area contributed by atoms with Gasteiger partial charge in [-0.2, -0.15) is 5.26 Å². The molecule has 0 saturated carbocycles. The maximum absolute atomic E-state index is 11.9. The predicted octanol–water partition coefficient (Wildman–Crippen LogP) is 0.995. The highest BCUT2D eigenvalue weighted by atomic mass is 32.2. The normalized spacial score (nSPS) is 11.1. The van der Waals surface area contributed by atoms with E-state index < -0.39 is 9.84 Å². The maximum atomic E-state index is 11.9. The molecule has 0 unspecified atom stereocenters. The molecule has 0 aliphatic heterocycles. The van der Waals surface area contributed by atoms with Gasteiger partial charge in [0.15, 0.2) is 9.84 Å². The number of nitriles is 1. The van der Waals surface area contributed by atoms with Crippen molar-refractivity contribution in [1.29, 1.82) is 5.26 Å². The van der Waals surface area contributed by atoms with Gasteiger partial charge in [-0.3, -0.25) is 0 Å². The van der Waals surface area contributed by atoms with Gasteiger partial charge in [0.25, 0.3) is 0 Å². The summed E-state index contributed by atoms with van der Waals surface area (Å²) in [5.41, 5.74) is 0.435. The quantitative estimate of drug-likeness (QED) is 0.690. The fourth-order valence-electron chi connectivity index (χ4n) is 1.27. The molecule has 0 aliphatic rings. The first kappa shape index (κ1) is 14.6. The molecule has 6 heteroatoms. The largest absolute Gasteiger partial charge is 0.382 e. The minimum atomic E-state index is -3.35. The molecule has 0 aliphatic carbocycles. The standard InChI is InChI=1S/C12H15NO4S/c1-16-6-7-17-8-9-18(14,15)12-4-2-11(10-13)3-5-12/h2-5H,6-9H2,1H3.